The molecule has 1 N–H and O–H groups in total. The van der Waals surface area contributed by atoms with Gasteiger partial charge in [0, 0.05) is 31.0 Å². The van der Waals surface area contributed by atoms with Gasteiger partial charge in [-0.2, -0.15) is 4.98 Å². The maximum absolute atomic E-state index is 13.1. The van der Waals surface area contributed by atoms with E-state index in [4.69, 9.17) is 4.52 Å². The lowest BCUT2D eigenvalue weighted by Crippen LogP contribution is -2.24. The van der Waals surface area contributed by atoms with Crippen molar-refractivity contribution in [3.05, 3.63) is 82.8 Å². The topological polar surface area (TPSA) is 88.3 Å². The van der Waals surface area contributed by atoms with Gasteiger partial charge in [0.1, 0.15) is 5.82 Å². The third-order valence-corrected chi connectivity index (χ3v) is 5.03. The number of carbonyl (C=O) groups excluding carboxylic acids is 2. The minimum Gasteiger partial charge on any atom is -0.343 e. The first-order chi connectivity index (χ1) is 14.5. The Labute approximate surface area is 172 Å². The maximum atomic E-state index is 13.1. The first kappa shape index (κ1) is 19.8. The molecular weight excluding hydrogens is 387 g/mol. The van der Waals surface area contributed by atoms with Crippen molar-refractivity contribution in [3.63, 3.8) is 0 Å². The van der Waals surface area contributed by atoms with E-state index in [1.807, 2.05) is 19.1 Å². The van der Waals surface area contributed by atoms with E-state index < -0.39 is 0 Å². The molecule has 1 aliphatic heterocycles. The fourth-order valence-electron chi connectivity index (χ4n) is 3.46. The number of hydrogen-bond acceptors (Lipinski definition) is 5. The van der Waals surface area contributed by atoms with Crippen molar-refractivity contribution in [2.75, 3.05) is 6.54 Å². The van der Waals surface area contributed by atoms with Gasteiger partial charge in [0.15, 0.2) is 5.82 Å². The van der Waals surface area contributed by atoms with Crippen LogP contribution in [0.5, 0.6) is 0 Å². The quantitative estimate of drug-likeness (QED) is 0.678. The van der Waals surface area contributed by atoms with Gasteiger partial charge in [0.2, 0.25) is 11.8 Å². The molecule has 0 bridgehead atoms. The molecule has 2 aromatic carbocycles. The molecule has 0 aliphatic carbocycles. The summed E-state index contributed by atoms with van der Waals surface area (Å²) in [5.41, 5.74) is 2.42. The van der Waals surface area contributed by atoms with Gasteiger partial charge in [-0.15, -0.1) is 0 Å². The lowest BCUT2D eigenvalue weighted by molar-refractivity contribution is -0.128. The standard InChI is InChI=1S/C22H21FN4O3/c1-14-3-2-4-16(9-14)22(29)24-11-19-25-21(26-30-19)17-10-20(28)27(13-17)12-15-5-7-18(23)8-6-15/h2-9,17H,10-13H2,1H3,(H,24,29)/t17-/m0/s1. The number of carbonyl (C=O) groups is 2. The lowest BCUT2D eigenvalue weighted by atomic mass is 10.1. The van der Waals surface area contributed by atoms with Crippen molar-refractivity contribution < 1.29 is 18.5 Å². The highest BCUT2D eigenvalue weighted by molar-refractivity contribution is 5.94. The number of amides is 2. The number of aromatic nitrogens is 2. The number of nitrogens with one attached hydrogen (secondary N) is 1. The molecule has 0 spiro atoms. The molecule has 0 saturated carbocycles. The Morgan fingerprint density at radius 1 is 1.27 bits per heavy atom. The van der Waals surface area contributed by atoms with Gasteiger partial charge in [-0.25, -0.2) is 4.39 Å². The minimum absolute atomic E-state index is 0.0107. The number of likely N-dealkylation sites (tertiary alicyclic amines) is 1. The second-order valence-corrected chi connectivity index (χ2v) is 7.40. The zero-order valence-electron chi connectivity index (χ0n) is 16.5. The first-order valence-electron chi connectivity index (χ1n) is 9.67. The third kappa shape index (κ3) is 4.53. The zero-order chi connectivity index (χ0) is 21.1. The van der Waals surface area contributed by atoms with E-state index in [1.165, 1.54) is 12.1 Å². The molecular formula is C22H21FN4O3. The number of halogens is 1. The van der Waals surface area contributed by atoms with Crippen LogP contribution in [0.4, 0.5) is 4.39 Å². The van der Waals surface area contributed by atoms with Crippen LogP contribution in [-0.4, -0.2) is 33.4 Å². The van der Waals surface area contributed by atoms with Crippen LogP contribution in [0.15, 0.2) is 53.1 Å². The highest BCUT2D eigenvalue weighted by Crippen LogP contribution is 2.27. The summed E-state index contributed by atoms with van der Waals surface area (Å²) in [6.45, 7) is 2.90. The number of benzene rings is 2. The number of nitrogens with zero attached hydrogens (tertiary/aromatic N) is 3. The second kappa shape index (κ2) is 8.44. The molecule has 0 radical (unpaired) electrons. The molecule has 1 aromatic heterocycles. The van der Waals surface area contributed by atoms with Crippen LogP contribution in [0.25, 0.3) is 0 Å². The van der Waals surface area contributed by atoms with E-state index in [9.17, 15) is 14.0 Å². The van der Waals surface area contributed by atoms with Gasteiger partial charge in [-0.05, 0) is 36.8 Å². The number of rotatable bonds is 6. The summed E-state index contributed by atoms with van der Waals surface area (Å²) in [5, 5.41) is 6.74. The van der Waals surface area contributed by atoms with Gasteiger partial charge < -0.3 is 14.7 Å². The van der Waals surface area contributed by atoms with Crippen molar-refractivity contribution in [2.45, 2.75) is 32.4 Å². The predicted octanol–water partition coefficient (Wildman–Crippen LogP) is 2.96. The van der Waals surface area contributed by atoms with Crippen LogP contribution in [0.1, 0.15) is 45.5 Å². The van der Waals surface area contributed by atoms with Crippen molar-refractivity contribution >= 4 is 11.8 Å². The Morgan fingerprint density at radius 3 is 2.83 bits per heavy atom. The molecule has 7 nitrogen and oxygen atoms in total. The van der Waals surface area contributed by atoms with Gasteiger partial charge >= 0.3 is 0 Å². The second-order valence-electron chi connectivity index (χ2n) is 7.40. The lowest BCUT2D eigenvalue weighted by Gasteiger charge is -2.16. The molecule has 0 unspecified atom stereocenters. The summed E-state index contributed by atoms with van der Waals surface area (Å²) in [4.78, 5) is 30.6. The first-order valence-corrected chi connectivity index (χ1v) is 9.67. The third-order valence-electron chi connectivity index (χ3n) is 5.03. The average Bonchev–Trinajstić information content (AvgIpc) is 3.35. The SMILES string of the molecule is Cc1cccc(C(=O)NCc2nc([C@H]3CC(=O)N(Cc4ccc(F)cc4)C3)no2)c1. The zero-order valence-corrected chi connectivity index (χ0v) is 16.5. The highest BCUT2D eigenvalue weighted by Gasteiger charge is 2.33. The highest BCUT2D eigenvalue weighted by atomic mass is 19.1. The molecule has 154 valence electrons. The fraction of sp³-hybridized carbons (Fsp3) is 0.273. The van der Waals surface area contributed by atoms with E-state index in [0.717, 1.165) is 11.1 Å². The van der Waals surface area contributed by atoms with Crippen LogP contribution in [0.3, 0.4) is 0 Å². The van der Waals surface area contributed by atoms with Crippen molar-refractivity contribution in [2.24, 2.45) is 0 Å². The van der Waals surface area contributed by atoms with Gasteiger partial charge in [-0.1, -0.05) is 35.0 Å². The summed E-state index contributed by atoms with van der Waals surface area (Å²) >= 11 is 0. The molecule has 4 rings (SSSR count). The van der Waals surface area contributed by atoms with Crippen molar-refractivity contribution in [1.29, 1.82) is 0 Å². The Bertz CT molecular complexity index is 1060. The molecule has 1 aliphatic rings. The summed E-state index contributed by atoms with van der Waals surface area (Å²) in [6.07, 6.45) is 0.288. The van der Waals surface area contributed by atoms with Crippen molar-refractivity contribution in [3.8, 4) is 0 Å². The largest absolute Gasteiger partial charge is 0.343 e. The average molecular weight is 408 g/mol. The Kier molecular flexibility index (Phi) is 5.56. The number of hydrogen-bond donors (Lipinski definition) is 1. The van der Waals surface area contributed by atoms with Gasteiger partial charge in [0.05, 0.1) is 6.54 Å². The predicted molar refractivity (Wildman–Crippen MR) is 106 cm³/mol. The van der Waals surface area contributed by atoms with E-state index in [1.54, 1.807) is 29.2 Å². The molecule has 2 amide bonds. The molecule has 1 fully saturated rings. The van der Waals surface area contributed by atoms with Crippen LogP contribution in [-0.2, 0) is 17.9 Å². The van der Waals surface area contributed by atoms with E-state index in [-0.39, 0.29) is 42.4 Å². The molecule has 2 heterocycles. The van der Waals surface area contributed by atoms with Gasteiger partial charge in [-0.3, -0.25) is 9.59 Å². The Hall–Kier alpha value is -3.55. The Morgan fingerprint density at radius 2 is 2.07 bits per heavy atom. The minimum atomic E-state index is -0.307. The van der Waals surface area contributed by atoms with Crippen LogP contribution >= 0.6 is 0 Å². The van der Waals surface area contributed by atoms with Gasteiger partial charge in [0.25, 0.3) is 5.91 Å². The van der Waals surface area contributed by atoms with Crippen molar-refractivity contribution in [1.82, 2.24) is 20.4 Å². The molecule has 8 heteroatoms. The monoisotopic (exact) mass is 408 g/mol. The maximum Gasteiger partial charge on any atom is 0.251 e. The molecule has 30 heavy (non-hydrogen) atoms. The summed E-state index contributed by atoms with van der Waals surface area (Å²) in [6, 6.07) is 13.4. The van der Waals surface area contributed by atoms with Crippen LogP contribution < -0.4 is 5.32 Å². The smallest absolute Gasteiger partial charge is 0.251 e. The van der Waals surface area contributed by atoms with Crippen LogP contribution in [0.2, 0.25) is 0 Å². The van der Waals surface area contributed by atoms with E-state index >= 15 is 0 Å². The normalized spacial score (nSPS) is 16.1. The summed E-state index contributed by atoms with van der Waals surface area (Å²) in [5.74, 6) is 0.0182. The summed E-state index contributed by atoms with van der Waals surface area (Å²) < 4.78 is 18.3. The fourth-order valence-corrected chi connectivity index (χ4v) is 3.46. The molecule has 1 atom stereocenters. The number of aryl methyl sites for hydroxylation is 1. The molecule has 3 aromatic rings. The van der Waals surface area contributed by atoms with E-state index in [0.29, 0.717) is 24.5 Å². The Balaban J connectivity index is 1.34. The van der Waals surface area contributed by atoms with Crippen LogP contribution in [0, 0.1) is 12.7 Å². The summed E-state index contributed by atoms with van der Waals surface area (Å²) in [7, 11) is 0. The molecule has 1 saturated heterocycles. The van der Waals surface area contributed by atoms with E-state index in [2.05, 4.69) is 15.5 Å².